The van der Waals surface area contributed by atoms with Crippen LogP contribution in [0, 0.1) is 12.8 Å². The van der Waals surface area contributed by atoms with E-state index in [0.29, 0.717) is 5.92 Å². The zero-order chi connectivity index (χ0) is 15.4. The number of carbonyl (C=O) groups is 1. The molecule has 0 aromatic carbocycles. The highest BCUT2D eigenvalue weighted by Crippen LogP contribution is 2.24. The van der Waals surface area contributed by atoms with E-state index in [1.807, 2.05) is 18.7 Å². The van der Waals surface area contributed by atoms with Gasteiger partial charge >= 0.3 is 0 Å². The zero-order valence-corrected chi connectivity index (χ0v) is 13.6. The number of H-pyrrole nitrogens is 1. The van der Waals surface area contributed by atoms with Crippen LogP contribution in [0.5, 0.6) is 0 Å². The fourth-order valence-electron chi connectivity index (χ4n) is 2.96. The summed E-state index contributed by atoms with van der Waals surface area (Å²) in [5, 5.41) is 7.26. The molecule has 0 bridgehead atoms. The van der Waals surface area contributed by atoms with E-state index >= 15 is 0 Å². The first kappa shape index (κ1) is 16.0. The van der Waals surface area contributed by atoms with Crippen molar-refractivity contribution >= 4 is 5.91 Å². The van der Waals surface area contributed by atoms with E-state index in [0.717, 1.165) is 56.1 Å². The summed E-state index contributed by atoms with van der Waals surface area (Å²) in [6.07, 6.45) is 2.20. The Morgan fingerprint density at radius 2 is 2.29 bits per heavy atom. The largest absolute Gasteiger partial charge is 0.381 e. The van der Waals surface area contributed by atoms with E-state index in [-0.39, 0.29) is 11.8 Å². The van der Waals surface area contributed by atoms with Crippen molar-refractivity contribution in [1.82, 2.24) is 15.1 Å². The van der Waals surface area contributed by atoms with Crippen LogP contribution in [0.2, 0.25) is 0 Å². The van der Waals surface area contributed by atoms with Crippen LogP contribution in [-0.2, 0) is 4.74 Å². The van der Waals surface area contributed by atoms with Crippen LogP contribution in [0.3, 0.4) is 0 Å². The third-order valence-corrected chi connectivity index (χ3v) is 4.10. The average Bonchev–Trinajstić information content (AvgIpc) is 2.86. The minimum Gasteiger partial charge on any atom is -0.381 e. The maximum atomic E-state index is 12.9. The van der Waals surface area contributed by atoms with Gasteiger partial charge in [-0.15, -0.1) is 0 Å². The summed E-state index contributed by atoms with van der Waals surface area (Å²) < 4.78 is 5.52. The lowest BCUT2D eigenvalue weighted by atomic mass is 9.97. The Kier molecular flexibility index (Phi) is 5.39. The number of ether oxygens (including phenoxy) is 1. The molecular formula is C16H27N3O2. The number of nitrogens with zero attached hydrogens (tertiary/aromatic N) is 2. The number of hydrogen-bond donors (Lipinski definition) is 1. The van der Waals surface area contributed by atoms with Gasteiger partial charge in [0.1, 0.15) is 0 Å². The topological polar surface area (TPSA) is 58.2 Å². The summed E-state index contributed by atoms with van der Waals surface area (Å²) in [5.41, 5.74) is 2.52. The number of nitrogens with one attached hydrogen (secondary N) is 1. The molecular weight excluding hydrogens is 266 g/mol. The summed E-state index contributed by atoms with van der Waals surface area (Å²) in [5.74, 6) is 0.821. The van der Waals surface area contributed by atoms with Gasteiger partial charge in [-0.1, -0.05) is 13.8 Å². The fourth-order valence-corrected chi connectivity index (χ4v) is 2.96. The molecule has 1 aromatic rings. The Bertz CT molecular complexity index is 482. The Hall–Kier alpha value is -1.36. The van der Waals surface area contributed by atoms with Crippen LogP contribution in [0.1, 0.15) is 61.3 Å². The lowest BCUT2D eigenvalue weighted by molar-refractivity contribution is 0.0499. The molecule has 1 fully saturated rings. The van der Waals surface area contributed by atoms with Crippen molar-refractivity contribution in [3.63, 3.8) is 0 Å². The Morgan fingerprint density at radius 1 is 1.52 bits per heavy atom. The number of hydrogen-bond acceptors (Lipinski definition) is 3. The summed E-state index contributed by atoms with van der Waals surface area (Å²) in [4.78, 5) is 14.8. The van der Waals surface area contributed by atoms with E-state index in [9.17, 15) is 4.79 Å². The normalized spacial score (nSPS) is 19.3. The van der Waals surface area contributed by atoms with Crippen LogP contribution in [0.4, 0.5) is 0 Å². The van der Waals surface area contributed by atoms with Crippen LogP contribution in [-0.4, -0.2) is 47.3 Å². The SMILES string of the molecule is CCOCC1CCCN(C(=O)c2c(C(C)C)n[nH]c2C)C1. The maximum Gasteiger partial charge on any atom is 0.257 e. The second kappa shape index (κ2) is 7.07. The number of piperidine rings is 1. The molecule has 1 aliphatic rings. The first-order valence-corrected chi connectivity index (χ1v) is 7.96. The molecule has 0 spiro atoms. The van der Waals surface area contributed by atoms with Gasteiger partial charge in [0, 0.05) is 25.4 Å². The molecule has 21 heavy (non-hydrogen) atoms. The van der Waals surface area contributed by atoms with Crippen molar-refractivity contribution in [2.45, 2.75) is 46.5 Å². The number of aryl methyl sites for hydroxylation is 1. The number of amides is 1. The van der Waals surface area contributed by atoms with Crippen LogP contribution in [0.25, 0.3) is 0 Å². The molecule has 118 valence electrons. The molecule has 2 heterocycles. The Balaban J connectivity index is 2.11. The van der Waals surface area contributed by atoms with Gasteiger partial charge in [0.2, 0.25) is 0 Å². The van der Waals surface area contributed by atoms with Gasteiger partial charge in [-0.2, -0.15) is 5.10 Å². The van der Waals surface area contributed by atoms with E-state index in [4.69, 9.17) is 4.74 Å². The minimum atomic E-state index is 0.117. The molecule has 1 aliphatic heterocycles. The molecule has 1 amide bonds. The molecule has 1 saturated heterocycles. The zero-order valence-electron chi connectivity index (χ0n) is 13.6. The summed E-state index contributed by atoms with van der Waals surface area (Å²) in [6.45, 7) is 11.2. The Morgan fingerprint density at radius 3 is 2.95 bits per heavy atom. The molecule has 0 radical (unpaired) electrons. The molecule has 1 N–H and O–H groups in total. The second-order valence-corrected chi connectivity index (χ2v) is 6.18. The molecule has 0 saturated carbocycles. The van der Waals surface area contributed by atoms with E-state index in [1.165, 1.54) is 0 Å². The van der Waals surface area contributed by atoms with Gasteiger partial charge in [0.15, 0.2) is 0 Å². The highest BCUT2D eigenvalue weighted by molar-refractivity contribution is 5.96. The molecule has 0 aliphatic carbocycles. The lowest BCUT2D eigenvalue weighted by Gasteiger charge is -2.32. The number of likely N-dealkylation sites (tertiary alicyclic amines) is 1. The van der Waals surface area contributed by atoms with Crippen molar-refractivity contribution in [2.24, 2.45) is 5.92 Å². The second-order valence-electron chi connectivity index (χ2n) is 6.18. The van der Waals surface area contributed by atoms with E-state index < -0.39 is 0 Å². The summed E-state index contributed by atoms with van der Waals surface area (Å²) in [6, 6.07) is 0. The predicted molar refractivity (Wildman–Crippen MR) is 82.5 cm³/mol. The third-order valence-electron chi connectivity index (χ3n) is 4.10. The smallest absolute Gasteiger partial charge is 0.257 e. The van der Waals surface area contributed by atoms with Crippen molar-refractivity contribution in [3.05, 3.63) is 17.0 Å². The molecule has 1 aromatic heterocycles. The van der Waals surface area contributed by atoms with Crippen molar-refractivity contribution in [3.8, 4) is 0 Å². The minimum absolute atomic E-state index is 0.117. The number of aromatic amines is 1. The maximum absolute atomic E-state index is 12.9. The van der Waals surface area contributed by atoms with Gasteiger partial charge in [-0.25, -0.2) is 0 Å². The molecule has 2 rings (SSSR count). The fraction of sp³-hybridized carbons (Fsp3) is 0.750. The van der Waals surface area contributed by atoms with E-state index in [1.54, 1.807) is 0 Å². The highest BCUT2D eigenvalue weighted by atomic mass is 16.5. The molecule has 1 atom stereocenters. The standard InChI is InChI=1S/C16H27N3O2/c1-5-21-10-13-7-6-8-19(9-13)16(20)14-12(4)17-18-15(14)11(2)3/h11,13H,5-10H2,1-4H3,(H,17,18). The quantitative estimate of drug-likeness (QED) is 0.908. The average molecular weight is 293 g/mol. The van der Waals surface area contributed by atoms with Gasteiger partial charge in [-0.3, -0.25) is 9.89 Å². The Labute approximate surface area is 127 Å². The molecule has 1 unspecified atom stereocenters. The number of carbonyl (C=O) groups excluding carboxylic acids is 1. The number of aromatic nitrogens is 2. The van der Waals surface area contributed by atoms with Crippen LogP contribution in [0.15, 0.2) is 0 Å². The molecule has 5 nitrogen and oxygen atoms in total. The van der Waals surface area contributed by atoms with Gasteiger partial charge in [0.05, 0.1) is 17.9 Å². The van der Waals surface area contributed by atoms with E-state index in [2.05, 4.69) is 24.0 Å². The predicted octanol–water partition coefficient (Wildman–Crippen LogP) is 2.73. The summed E-state index contributed by atoms with van der Waals surface area (Å²) >= 11 is 0. The lowest BCUT2D eigenvalue weighted by Crippen LogP contribution is -2.41. The highest BCUT2D eigenvalue weighted by Gasteiger charge is 2.28. The van der Waals surface area contributed by atoms with Crippen LogP contribution >= 0.6 is 0 Å². The van der Waals surface area contributed by atoms with Crippen molar-refractivity contribution in [1.29, 1.82) is 0 Å². The van der Waals surface area contributed by atoms with Gasteiger partial charge in [-0.05, 0) is 38.5 Å². The van der Waals surface area contributed by atoms with Crippen molar-refractivity contribution < 1.29 is 9.53 Å². The van der Waals surface area contributed by atoms with Gasteiger partial charge in [0.25, 0.3) is 5.91 Å². The first-order valence-electron chi connectivity index (χ1n) is 7.96. The van der Waals surface area contributed by atoms with Crippen molar-refractivity contribution in [2.75, 3.05) is 26.3 Å². The van der Waals surface area contributed by atoms with Gasteiger partial charge < -0.3 is 9.64 Å². The summed E-state index contributed by atoms with van der Waals surface area (Å²) in [7, 11) is 0. The monoisotopic (exact) mass is 293 g/mol. The molecule has 5 heteroatoms. The van der Waals surface area contributed by atoms with Crippen LogP contribution < -0.4 is 0 Å². The first-order chi connectivity index (χ1) is 10.0. The number of rotatable bonds is 5. The third kappa shape index (κ3) is 3.64.